The highest BCUT2D eigenvalue weighted by Crippen LogP contribution is 2.33. The first-order valence-electron chi connectivity index (χ1n) is 5.45. The zero-order chi connectivity index (χ0) is 14.2. The molecule has 3 nitrogen and oxygen atoms in total. The lowest BCUT2D eigenvalue weighted by molar-refractivity contribution is 0.498. The van der Waals surface area contributed by atoms with Gasteiger partial charge in [0.2, 0.25) is 0 Å². The van der Waals surface area contributed by atoms with E-state index in [1.807, 2.05) is 0 Å². The summed E-state index contributed by atoms with van der Waals surface area (Å²) in [5, 5.41) is 7.52. The van der Waals surface area contributed by atoms with Gasteiger partial charge >= 0.3 is 0 Å². The van der Waals surface area contributed by atoms with Crippen LogP contribution in [0.5, 0.6) is 0 Å². The fraction of sp³-hybridized carbons (Fsp3) is 0.250. The van der Waals surface area contributed by atoms with Crippen LogP contribution in [0.25, 0.3) is 0 Å². The molecule has 0 aliphatic rings. The molecule has 0 saturated heterocycles. The van der Waals surface area contributed by atoms with E-state index in [0.29, 0.717) is 16.3 Å². The number of benzene rings is 1. The molecule has 1 unspecified atom stereocenters. The molecule has 7 heteroatoms. The van der Waals surface area contributed by atoms with E-state index in [-0.39, 0.29) is 4.47 Å². The van der Waals surface area contributed by atoms with Crippen molar-refractivity contribution < 1.29 is 8.78 Å². The summed E-state index contributed by atoms with van der Waals surface area (Å²) in [6, 6.07) is 2.20. The Morgan fingerprint density at radius 1 is 1.42 bits per heavy atom. The van der Waals surface area contributed by atoms with Gasteiger partial charge in [0.25, 0.3) is 0 Å². The van der Waals surface area contributed by atoms with E-state index in [9.17, 15) is 8.78 Å². The second-order valence-corrected chi connectivity index (χ2v) is 5.19. The second-order valence-electron chi connectivity index (χ2n) is 3.99. The van der Waals surface area contributed by atoms with Crippen molar-refractivity contribution >= 4 is 27.5 Å². The molecule has 0 aliphatic heterocycles. The minimum absolute atomic E-state index is 0.0733. The predicted octanol–water partition coefficient (Wildman–Crippen LogP) is 3.42. The van der Waals surface area contributed by atoms with Gasteiger partial charge in [-0.3, -0.25) is 4.68 Å². The van der Waals surface area contributed by atoms with Gasteiger partial charge in [-0.1, -0.05) is 17.7 Å². The summed E-state index contributed by atoms with van der Waals surface area (Å²) < 4.78 is 28.5. The van der Waals surface area contributed by atoms with E-state index >= 15 is 0 Å². The maximum Gasteiger partial charge on any atom is 0.173 e. The normalized spacial score (nSPS) is 12.7. The number of nitrogens with zero attached hydrogens (tertiary/aromatic N) is 2. The average molecular weight is 351 g/mol. The monoisotopic (exact) mass is 349 g/mol. The van der Waals surface area contributed by atoms with Crippen molar-refractivity contribution in [2.75, 3.05) is 7.05 Å². The van der Waals surface area contributed by atoms with Gasteiger partial charge in [-0.2, -0.15) is 5.10 Å². The second kappa shape index (κ2) is 5.56. The van der Waals surface area contributed by atoms with Crippen LogP contribution in [-0.4, -0.2) is 16.8 Å². The van der Waals surface area contributed by atoms with Crippen LogP contribution in [0.1, 0.15) is 17.3 Å². The van der Waals surface area contributed by atoms with Crippen molar-refractivity contribution in [1.82, 2.24) is 15.1 Å². The van der Waals surface area contributed by atoms with Crippen LogP contribution < -0.4 is 5.32 Å². The largest absolute Gasteiger partial charge is 0.308 e. The Morgan fingerprint density at radius 2 is 2.11 bits per heavy atom. The molecule has 0 bridgehead atoms. The first-order valence-corrected chi connectivity index (χ1v) is 6.62. The summed E-state index contributed by atoms with van der Waals surface area (Å²) in [6.07, 6.45) is 1.51. The van der Waals surface area contributed by atoms with Gasteiger partial charge in [0, 0.05) is 7.05 Å². The van der Waals surface area contributed by atoms with Gasteiger partial charge in [0.1, 0.15) is 0 Å². The van der Waals surface area contributed by atoms with Crippen molar-refractivity contribution in [3.8, 4) is 0 Å². The molecule has 1 N–H and O–H groups in total. The van der Waals surface area contributed by atoms with Crippen molar-refractivity contribution in [2.45, 2.75) is 6.04 Å². The number of rotatable bonds is 3. The van der Waals surface area contributed by atoms with Crippen molar-refractivity contribution in [1.29, 1.82) is 0 Å². The minimum atomic E-state index is -0.920. The van der Waals surface area contributed by atoms with Crippen molar-refractivity contribution in [2.24, 2.45) is 7.05 Å². The van der Waals surface area contributed by atoms with Crippen LogP contribution in [0.2, 0.25) is 5.02 Å². The van der Waals surface area contributed by atoms with Crippen LogP contribution >= 0.6 is 27.5 Å². The van der Waals surface area contributed by atoms with Crippen molar-refractivity contribution in [3.05, 3.63) is 50.7 Å². The molecule has 0 fully saturated rings. The van der Waals surface area contributed by atoms with Gasteiger partial charge in [-0.05, 0) is 34.6 Å². The topological polar surface area (TPSA) is 29.9 Å². The molecule has 0 spiro atoms. The molecule has 0 radical (unpaired) electrons. The smallest absolute Gasteiger partial charge is 0.173 e. The molecular weight excluding hydrogens is 340 g/mol. The number of aryl methyl sites for hydroxylation is 1. The van der Waals surface area contributed by atoms with Crippen LogP contribution in [-0.2, 0) is 7.05 Å². The van der Waals surface area contributed by atoms with E-state index in [1.165, 1.54) is 12.3 Å². The van der Waals surface area contributed by atoms with E-state index in [2.05, 4.69) is 26.3 Å². The molecular formula is C12H11BrClF2N3. The maximum atomic E-state index is 13.6. The third-order valence-corrected chi connectivity index (χ3v) is 3.97. The first kappa shape index (κ1) is 14.4. The van der Waals surface area contributed by atoms with Gasteiger partial charge in [0.05, 0.1) is 27.4 Å². The molecule has 19 heavy (non-hydrogen) atoms. The molecule has 0 saturated carbocycles. The Morgan fingerprint density at radius 3 is 2.63 bits per heavy atom. The standard InChI is InChI=1S/C12H11BrClF2N3/c1-17-11(12-7(14)5-18-19(12)2)6-3-4-8(15)10(16)9(6)13/h3-5,11,17H,1-2H3. The molecule has 1 atom stereocenters. The fourth-order valence-electron chi connectivity index (χ4n) is 1.95. The SMILES string of the molecule is CNC(c1ccc(F)c(F)c1Br)c1c(Cl)cnn1C. The number of halogens is 4. The molecule has 1 aromatic carbocycles. The quantitative estimate of drug-likeness (QED) is 0.860. The van der Waals surface area contributed by atoms with Crippen molar-refractivity contribution in [3.63, 3.8) is 0 Å². The molecule has 1 aromatic heterocycles. The molecule has 102 valence electrons. The van der Waals surface area contributed by atoms with Gasteiger partial charge in [-0.15, -0.1) is 0 Å². The van der Waals surface area contributed by atoms with Crippen LogP contribution in [0.3, 0.4) is 0 Å². The Balaban J connectivity index is 2.58. The number of hydrogen-bond donors (Lipinski definition) is 1. The van der Waals surface area contributed by atoms with Gasteiger partial charge < -0.3 is 5.32 Å². The Kier molecular flexibility index (Phi) is 4.23. The van der Waals surface area contributed by atoms with E-state index in [1.54, 1.807) is 18.8 Å². The summed E-state index contributed by atoms with van der Waals surface area (Å²) in [5.41, 5.74) is 1.22. The fourth-order valence-corrected chi connectivity index (χ4v) is 2.77. The number of hydrogen-bond acceptors (Lipinski definition) is 2. The lowest BCUT2D eigenvalue weighted by Gasteiger charge is -2.19. The van der Waals surface area contributed by atoms with Gasteiger partial charge in [0.15, 0.2) is 11.6 Å². The lowest BCUT2D eigenvalue weighted by atomic mass is 10.0. The molecule has 2 aromatic rings. The Labute approximate surface area is 122 Å². The first-order chi connectivity index (χ1) is 8.97. The number of aromatic nitrogens is 2. The highest BCUT2D eigenvalue weighted by Gasteiger charge is 2.24. The Bertz CT molecular complexity index is 596. The predicted molar refractivity (Wildman–Crippen MR) is 73.2 cm³/mol. The summed E-state index contributed by atoms with van der Waals surface area (Å²) >= 11 is 9.16. The summed E-state index contributed by atoms with van der Waals surface area (Å²) in [6.45, 7) is 0. The van der Waals surface area contributed by atoms with E-state index in [0.717, 1.165) is 6.07 Å². The summed E-state index contributed by atoms with van der Waals surface area (Å²) in [4.78, 5) is 0. The zero-order valence-corrected chi connectivity index (χ0v) is 12.6. The average Bonchev–Trinajstić information content (AvgIpc) is 2.71. The Hall–Kier alpha value is -0.980. The maximum absolute atomic E-state index is 13.6. The summed E-state index contributed by atoms with van der Waals surface area (Å²) in [5.74, 6) is -1.82. The molecule has 1 heterocycles. The molecule has 0 amide bonds. The number of nitrogens with one attached hydrogen (secondary N) is 1. The highest BCUT2D eigenvalue weighted by molar-refractivity contribution is 9.10. The van der Waals surface area contributed by atoms with Crippen LogP contribution in [0, 0.1) is 11.6 Å². The third kappa shape index (κ3) is 2.52. The molecule has 0 aliphatic carbocycles. The van der Waals surface area contributed by atoms with Crippen LogP contribution in [0.4, 0.5) is 8.78 Å². The highest BCUT2D eigenvalue weighted by atomic mass is 79.9. The summed E-state index contributed by atoms with van der Waals surface area (Å²) in [7, 11) is 3.45. The van der Waals surface area contributed by atoms with Gasteiger partial charge in [-0.25, -0.2) is 8.78 Å². The van der Waals surface area contributed by atoms with Crippen LogP contribution in [0.15, 0.2) is 22.8 Å². The minimum Gasteiger partial charge on any atom is -0.308 e. The van der Waals surface area contributed by atoms with E-state index < -0.39 is 17.7 Å². The third-order valence-electron chi connectivity index (χ3n) is 2.88. The lowest BCUT2D eigenvalue weighted by Crippen LogP contribution is -2.22. The van der Waals surface area contributed by atoms with E-state index in [4.69, 9.17) is 11.6 Å². The molecule has 2 rings (SSSR count). The zero-order valence-electron chi connectivity index (χ0n) is 10.2.